The number of nitrogens with zero attached hydrogens (tertiary/aromatic N) is 2. The molecular formula is C21H23N3O. The maximum atomic E-state index is 12.3. The lowest BCUT2D eigenvalue weighted by atomic mass is 9.92. The van der Waals surface area contributed by atoms with Crippen molar-refractivity contribution in [1.82, 2.24) is 4.90 Å². The van der Waals surface area contributed by atoms with Gasteiger partial charge in [0.25, 0.3) is 0 Å². The van der Waals surface area contributed by atoms with E-state index in [1.54, 1.807) is 0 Å². The maximum absolute atomic E-state index is 12.3. The van der Waals surface area contributed by atoms with Crippen molar-refractivity contribution >= 4 is 17.3 Å². The van der Waals surface area contributed by atoms with E-state index >= 15 is 0 Å². The Balaban J connectivity index is 1.76. The minimum absolute atomic E-state index is 0.00475. The summed E-state index contributed by atoms with van der Waals surface area (Å²) in [6.45, 7) is 0.836. The van der Waals surface area contributed by atoms with Gasteiger partial charge >= 0.3 is 0 Å². The molecule has 0 unspecified atom stereocenters. The predicted octanol–water partition coefficient (Wildman–Crippen LogP) is 2.60. The van der Waals surface area contributed by atoms with Crippen LogP contribution in [0, 0.1) is 0 Å². The number of fused-ring (bicyclic) bond motifs is 3. The highest BCUT2D eigenvalue weighted by Gasteiger charge is 2.41. The van der Waals surface area contributed by atoms with Crippen molar-refractivity contribution in [2.24, 2.45) is 5.73 Å². The Morgan fingerprint density at radius 1 is 1.12 bits per heavy atom. The van der Waals surface area contributed by atoms with Gasteiger partial charge in [0, 0.05) is 43.5 Å². The van der Waals surface area contributed by atoms with Crippen molar-refractivity contribution in [3.63, 3.8) is 0 Å². The SMILES string of the molecule is CN(C)c1ccc([C@@H]2C=C3c4ccccc4CCN3[C@H]2C(N)=O)cc1. The van der Waals surface area contributed by atoms with E-state index in [9.17, 15) is 4.79 Å². The van der Waals surface area contributed by atoms with Crippen LogP contribution in [-0.2, 0) is 11.2 Å². The third kappa shape index (κ3) is 2.58. The minimum atomic E-state index is -0.312. The zero-order valence-corrected chi connectivity index (χ0v) is 14.6. The molecule has 0 saturated carbocycles. The summed E-state index contributed by atoms with van der Waals surface area (Å²) in [7, 11) is 4.05. The fourth-order valence-corrected chi connectivity index (χ4v) is 4.04. The third-order valence-corrected chi connectivity index (χ3v) is 5.32. The van der Waals surface area contributed by atoms with Gasteiger partial charge in [-0.15, -0.1) is 0 Å². The monoisotopic (exact) mass is 333 g/mol. The average molecular weight is 333 g/mol. The maximum Gasteiger partial charge on any atom is 0.241 e. The number of benzene rings is 2. The second kappa shape index (κ2) is 5.96. The molecule has 0 bridgehead atoms. The van der Waals surface area contributed by atoms with Crippen LogP contribution in [0.2, 0.25) is 0 Å². The molecule has 0 aromatic heterocycles. The highest BCUT2D eigenvalue weighted by atomic mass is 16.1. The van der Waals surface area contributed by atoms with E-state index in [1.165, 1.54) is 11.1 Å². The molecular weight excluding hydrogens is 310 g/mol. The van der Waals surface area contributed by atoms with E-state index in [2.05, 4.69) is 64.4 Å². The van der Waals surface area contributed by atoms with Crippen LogP contribution in [0.15, 0.2) is 54.6 Å². The lowest BCUT2D eigenvalue weighted by Crippen LogP contribution is -2.45. The molecule has 2 atom stereocenters. The molecule has 2 heterocycles. The van der Waals surface area contributed by atoms with Gasteiger partial charge in [0.2, 0.25) is 5.91 Å². The van der Waals surface area contributed by atoms with Gasteiger partial charge in [-0.1, -0.05) is 42.5 Å². The van der Waals surface area contributed by atoms with Gasteiger partial charge in [0.15, 0.2) is 0 Å². The fourth-order valence-electron chi connectivity index (χ4n) is 4.04. The minimum Gasteiger partial charge on any atom is -0.378 e. The summed E-state index contributed by atoms with van der Waals surface area (Å²) in [4.78, 5) is 16.5. The average Bonchev–Trinajstić information content (AvgIpc) is 3.02. The Morgan fingerprint density at radius 3 is 2.52 bits per heavy atom. The Hall–Kier alpha value is -2.75. The molecule has 128 valence electrons. The number of anilines is 1. The lowest BCUT2D eigenvalue weighted by molar-refractivity contribution is -0.122. The quantitative estimate of drug-likeness (QED) is 0.939. The number of rotatable bonds is 3. The molecule has 1 amide bonds. The molecule has 0 aliphatic carbocycles. The molecule has 2 aliphatic heterocycles. The first-order valence-corrected chi connectivity index (χ1v) is 8.69. The summed E-state index contributed by atoms with van der Waals surface area (Å²) in [5.41, 5.74) is 11.8. The fraction of sp³-hybridized carbons (Fsp3) is 0.286. The first kappa shape index (κ1) is 15.8. The second-order valence-corrected chi connectivity index (χ2v) is 7.01. The number of carbonyl (C=O) groups is 1. The molecule has 4 heteroatoms. The van der Waals surface area contributed by atoms with Crippen LogP contribution in [0.1, 0.15) is 22.6 Å². The van der Waals surface area contributed by atoms with Gasteiger partial charge < -0.3 is 15.5 Å². The summed E-state index contributed by atoms with van der Waals surface area (Å²) in [5.74, 6) is -0.262. The van der Waals surface area contributed by atoms with Crippen LogP contribution in [-0.4, -0.2) is 37.5 Å². The van der Waals surface area contributed by atoms with Gasteiger partial charge in [-0.2, -0.15) is 0 Å². The Labute approximate surface area is 148 Å². The topological polar surface area (TPSA) is 49.6 Å². The van der Waals surface area contributed by atoms with Gasteiger partial charge in [-0.25, -0.2) is 0 Å². The van der Waals surface area contributed by atoms with E-state index in [0.29, 0.717) is 0 Å². The van der Waals surface area contributed by atoms with Crippen LogP contribution in [0.4, 0.5) is 5.69 Å². The Bertz CT molecular complexity index is 838. The van der Waals surface area contributed by atoms with Crippen LogP contribution >= 0.6 is 0 Å². The van der Waals surface area contributed by atoms with Crippen molar-refractivity contribution in [3.8, 4) is 0 Å². The third-order valence-electron chi connectivity index (χ3n) is 5.32. The standard InChI is InChI=1S/C21H23N3O/c1-23(2)16-9-7-15(8-10-16)18-13-19-17-6-4-3-5-14(17)11-12-24(19)20(18)21(22)25/h3-10,13,18,20H,11-12H2,1-2H3,(H2,22,25)/t18-,20+/m0/s1. The lowest BCUT2D eigenvalue weighted by Gasteiger charge is -2.34. The second-order valence-electron chi connectivity index (χ2n) is 7.01. The summed E-state index contributed by atoms with van der Waals surface area (Å²) in [6, 6.07) is 16.5. The first-order chi connectivity index (χ1) is 12.1. The van der Waals surface area contributed by atoms with Crippen molar-refractivity contribution in [2.75, 3.05) is 25.5 Å². The molecule has 25 heavy (non-hydrogen) atoms. The predicted molar refractivity (Wildman–Crippen MR) is 101 cm³/mol. The van der Waals surface area contributed by atoms with Gasteiger partial charge in [0.1, 0.15) is 6.04 Å². The Morgan fingerprint density at radius 2 is 1.84 bits per heavy atom. The van der Waals surface area contributed by atoms with Gasteiger partial charge in [0.05, 0.1) is 0 Å². The molecule has 2 aromatic rings. The highest BCUT2D eigenvalue weighted by molar-refractivity contribution is 5.87. The molecule has 2 N–H and O–H groups in total. The van der Waals surface area contributed by atoms with E-state index in [0.717, 1.165) is 29.9 Å². The molecule has 2 aromatic carbocycles. The van der Waals surface area contributed by atoms with E-state index in [1.807, 2.05) is 14.1 Å². The number of primary amides is 1. The van der Waals surface area contributed by atoms with Crippen molar-refractivity contribution < 1.29 is 4.79 Å². The smallest absolute Gasteiger partial charge is 0.241 e. The van der Waals surface area contributed by atoms with E-state index in [-0.39, 0.29) is 17.9 Å². The molecule has 0 fully saturated rings. The zero-order valence-electron chi connectivity index (χ0n) is 14.6. The van der Waals surface area contributed by atoms with Crippen LogP contribution < -0.4 is 10.6 Å². The number of nitrogens with two attached hydrogens (primary N) is 1. The van der Waals surface area contributed by atoms with Gasteiger partial charge in [-0.05, 0) is 29.7 Å². The molecule has 4 nitrogen and oxygen atoms in total. The summed E-state index contributed by atoms with van der Waals surface area (Å²) < 4.78 is 0. The van der Waals surface area contributed by atoms with Crippen LogP contribution in [0.5, 0.6) is 0 Å². The zero-order chi connectivity index (χ0) is 17.6. The molecule has 0 spiro atoms. The molecule has 4 rings (SSSR count). The highest BCUT2D eigenvalue weighted by Crippen LogP contribution is 2.42. The normalized spacial score (nSPS) is 21.4. The summed E-state index contributed by atoms with van der Waals surface area (Å²) in [6.07, 6.45) is 3.17. The van der Waals surface area contributed by atoms with Crippen molar-refractivity contribution in [3.05, 3.63) is 71.3 Å². The van der Waals surface area contributed by atoms with E-state index < -0.39 is 0 Å². The van der Waals surface area contributed by atoms with Crippen LogP contribution in [0.25, 0.3) is 5.70 Å². The van der Waals surface area contributed by atoms with Crippen molar-refractivity contribution in [1.29, 1.82) is 0 Å². The summed E-state index contributed by atoms with van der Waals surface area (Å²) >= 11 is 0. The molecule has 0 radical (unpaired) electrons. The van der Waals surface area contributed by atoms with E-state index in [4.69, 9.17) is 5.73 Å². The molecule has 2 aliphatic rings. The number of hydrogen-bond acceptors (Lipinski definition) is 3. The Kier molecular flexibility index (Phi) is 3.75. The van der Waals surface area contributed by atoms with Gasteiger partial charge in [-0.3, -0.25) is 4.79 Å². The van der Waals surface area contributed by atoms with Crippen LogP contribution in [0.3, 0.4) is 0 Å². The number of carbonyl (C=O) groups excluding carboxylic acids is 1. The number of amides is 1. The first-order valence-electron chi connectivity index (χ1n) is 8.69. The number of hydrogen-bond donors (Lipinski definition) is 1. The van der Waals surface area contributed by atoms with Crippen molar-refractivity contribution in [2.45, 2.75) is 18.4 Å². The summed E-state index contributed by atoms with van der Waals surface area (Å²) in [5, 5.41) is 0. The molecule has 0 saturated heterocycles. The largest absolute Gasteiger partial charge is 0.378 e.